The highest BCUT2D eigenvalue weighted by molar-refractivity contribution is 9.10. The molecule has 0 bridgehead atoms. The summed E-state index contributed by atoms with van der Waals surface area (Å²) in [6.07, 6.45) is 0. The average molecular weight is 363 g/mol. The van der Waals surface area contributed by atoms with Gasteiger partial charge in [0.15, 0.2) is 5.75 Å². The molecule has 1 heterocycles. The zero-order chi connectivity index (χ0) is 14.7. The lowest BCUT2D eigenvalue weighted by atomic mass is 10.3. The number of urea groups is 1. The van der Waals surface area contributed by atoms with E-state index in [4.69, 9.17) is 16.3 Å². The first kappa shape index (κ1) is 14.9. The molecule has 0 unspecified atom stereocenters. The van der Waals surface area contributed by atoms with E-state index in [1.54, 1.807) is 12.1 Å². The first-order chi connectivity index (χ1) is 9.52. The first-order valence-corrected chi connectivity index (χ1v) is 7.05. The number of carbonyl (C=O) groups excluding carboxylic acids is 2. The Balaban J connectivity index is 2.07. The summed E-state index contributed by atoms with van der Waals surface area (Å²) in [6, 6.07) is 2.99. The molecular weight excluding hydrogens is 350 g/mol. The molecule has 6 nitrogen and oxygen atoms in total. The predicted molar refractivity (Wildman–Crippen MR) is 79.3 cm³/mol. The number of hydrogen-bond donors (Lipinski definition) is 2. The van der Waals surface area contributed by atoms with Crippen LogP contribution >= 0.6 is 27.5 Å². The van der Waals surface area contributed by atoms with Crippen molar-refractivity contribution in [2.75, 3.05) is 32.1 Å². The van der Waals surface area contributed by atoms with Gasteiger partial charge >= 0.3 is 6.03 Å². The minimum atomic E-state index is -0.365. The number of ether oxygens (including phenoxy) is 1. The van der Waals surface area contributed by atoms with Crippen LogP contribution < -0.4 is 15.4 Å². The smallest absolute Gasteiger partial charge is 0.324 e. The van der Waals surface area contributed by atoms with Crippen LogP contribution in [0.2, 0.25) is 5.02 Å². The van der Waals surface area contributed by atoms with Gasteiger partial charge in [0.05, 0.1) is 23.8 Å². The second-order valence-electron chi connectivity index (χ2n) is 4.10. The summed E-state index contributed by atoms with van der Waals surface area (Å²) in [6.45, 7) is 0.850. The molecule has 0 atom stereocenters. The Labute approximate surface area is 129 Å². The number of imide groups is 1. The van der Waals surface area contributed by atoms with Gasteiger partial charge in [-0.3, -0.25) is 9.69 Å². The van der Waals surface area contributed by atoms with Gasteiger partial charge in [-0.1, -0.05) is 11.6 Å². The highest BCUT2D eigenvalue weighted by atomic mass is 79.9. The van der Waals surface area contributed by atoms with Gasteiger partial charge < -0.3 is 15.4 Å². The van der Waals surface area contributed by atoms with Gasteiger partial charge in [-0.2, -0.15) is 0 Å². The van der Waals surface area contributed by atoms with Gasteiger partial charge in [-0.25, -0.2) is 4.79 Å². The number of hydrogen-bond acceptors (Lipinski definition) is 4. The normalized spacial score (nSPS) is 14.2. The van der Waals surface area contributed by atoms with Crippen molar-refractivity contribution in [3.8, 4) is 5.75 Å². The molecule has 0 aliphatic carbocycles. The van der Waals surface area contributed by atoms with Crippen LogP contribution in [0.1, 0.15) is 0 Å². The molecular formula is C12H13BrClN3O3. The van der Waals surface area contributed by atoms with E-state index < -0.39 is 0 Å². The molecule has 108 valence electrons. The predicted octanol–water partition coefficient (Wildman–Crippen LogP) is 2.07. The largest absolute Gasteiger partial charge is 0.493 e. The SMILES string of the molecule is COc1c(Br)cc(Cl)cc1NCC(=O)N1CCNC1=O. The molecule has 20 heavy (non-hydrogen) atoms. The number of carbonyl (C=O) groups is 2. The summed E-state index contributed by atoms with van der Waals surface area (Å²) >= 11 is 9.29. The van der Waals surface area contributed by atoms with Crippen molar-refractivity contribution >= 4 is 45.2 Å². The average Bonchev–Trinajstić information content (AvgIpc) is 2.81. The molecule has 2 rings (SSSR count). The maximum Gasteiger partial charge on any atom is 0.324 e. The van der Waals surface area contributed by atoms with Crippen molar-refractivity contribution in [3.63, 3.8) is 0 Å². The summed E-state index contributed by atoms with van der Waals surface area (Å²) < 4.78 is 5.92. The van der Waals surface area contributed by atoms with Crippen LogP contribution in [-0.2, 0) is 4.79 Å². The summed E-state index contributed by atoms with van der Waals surface area (Å²) in [7, 11) is 1.52. The van der Waals surface area contributed by atoms with Gasteiger partial charge in [-0.05, 0) is 28.1 Å². The van der Waals surface area contributed by atoms with Crippen LogP contribution in [0.5, 0.6) is 5.75 Å². The Kier molecular flexibility index (Phi) is 4.72. The highest BCUT2D eigenvalue weighted by Crippen LogP contribution is 2.36. The van der Waals surface area contributed by atoms with E-state index in [0.717, 1.165) is 0 Å². The summed E-state index contributed by atoms with van der Waals surface area (Å²) in [5.74, 6) is 0.242. The lowest BCUT2D eigenvalue weighted by molar-refractivity contribution is -0.125. The zero-order valence-corrected chi connectivity index (χ0v) is 13.0. The van der Waals surface area contributed by atoms with Crippen molar-refractivity contribution in [3.05, 3.63) is 21.6 Å². The van der Waals surface area contributed by atoms with Crippen molar-refractivity contribution in [1.29, 1.82) is 0 Å². The number of nitrogens with zero attached hydrogens (tertiary/aromatic N) is 1. The molecule has 0 aromatic heterocycles. The van der Waals surface area contributed by atoms with E-state index in [1.165, 1.54) is 12.0 Å². The third-order valence-electron chi connectivity index (χ3n) is 2.80. The Hall–Kier alpha value is -1.47. The fourth-order valence-corrected chi connectivity index (χ4v) is 2.85. The molecule has 1 saturated heterocycles. The van der Waals surface area contributed by atoms with Gasteiger partial charge in [0, 0.05) is 18.1 Å². The molecule has 1 aromatic rings. The van der Waals surface area contributed by atoms with E-state index in [9.17, 15) is 9.59 Å². The topological polar surface area (TPSA) is 70.7 Å². The van der Waals surface area contributed by atoms with Crippen molar-refractivity contribution in [2.24, 2.45) is 0 Å². The van der Waals surface area contributed by atoms with Crippen LogP contribution in [0.4, 0.5) is 10.5 Å². The van der Waals surface area contributed by atoms with Crippen molar-refractivity contribution in [2.45, 2.75) is 0 Å². The fraction of sp³-hybridized carbons (Fsp3) is 0.333. The lowest BCUT2D eigenvalue weighted by Crippen LogP contribution is -2.38. The van der Waals surface area contributed by atoms with E-state index in [1.807, 2.05) is 0 Å². The maximum absolute atomic E-state index is 11.9. The number of amides is 3. The van der Waals surface area contributed by atoms with Gasteiger partial charge in [0.1, 0.15) is 0 Å². The van der Waals surface area contributed by atoms with E-state index >= 15 is 0 Å². The Morgan fingerprint density at radius 3 is 2.95 bits per heavy atom. The quantitative estimate of drug-likeness (QED) is 0.860. The van der Waals surface area contributed by atoms with Crippen LogP contribution in [0, 0.1) is 0 Å². The second kappa shape index (κ2) is 6.32. The molecule has 0 radical (unpaired) electrons. The minimum absolute atomic E-state index is 0.0173. The molecule has 0 spiro atoms. The van der Waals surface area contributed by atoms with Crippen LogP contribution in [-0.4, -0.2) is 43.6 Å². The third-order valence-corrected chi connectivity index (χ3v) is 3.61. The summed E-state index contributed by atoms with van der Waals surface area (Å²) in [4.78, 5) is 24.5. The molecule has 3 amide bonds. The van der Waals surface area contributed by atoms with Crippen LogP contribution in [0.15, 0.2) is 16.6 Å². The fourth-order valence-electron chi connectivity index (χ4n) is 1.87. The number of rotatable bonds is 4. The van der Waals surface area contributed by atoms with E-state index in [0.29, 0.717) is 34.0 Å². The molecule has 2 N–H and O–H groups in total. The number of halogens is 2. The maximum atomic E-state index is 11.9. The number of nitrogens with one attached hydrogen (secondary N) is 2. The third kappa shape index (κ3) is 3.16. The highest BCUT2D eigenvalue weighted by Gasteiger charge is 2.25. The number of anilines is 1. The van der Waals surface area contributed by atoms with Crippen LogP contribution in [0.3, 0.4) is 0 Å². The Morgan fingerprint density at radius 1 is 1.60 bits per heavy atom. The molecule has 1 aliphatic heterocycles. The zero-order valence-electron chi connectivity index (χ0n) is 10.7. The van der Waals surface area contributed by atoms with Crippen molar-refractivity contribution in [1.82, 2.24) is 10.2 Å². The molecule has 1 aliphatic rings. The van der Waals surface area contributed by atoms with E-state index in [-0.39, 0.29) is 18.5 Å². The van der Waals surface area contributed by atoms with Gasteiger partial charge in [0.25, 0.3) is 0 Å². The van der Waals surface area contributed by atoms with Crippen LogP contribution in [0.25, 0.3) is 0 Å². The molecule has 0 saturated carbocycles. The summed E-state index contributed by atoms with van der Waals surface area (Å²) in [5, 5.41) is 6.01. The standard InChI is InChI=1S/C12H13BrClN3O3/c1-20-11-8(13)4-7(14)5-9(11)16-6-10(18)17-3-2-15-12(17)19/h4-5,16H,2-3,6H2,1H3,(H,15,19). The minimum Gasteiger partial charge on any atom is -0.493 e. The molecule has 8 heteroatoms. The number of methoxy groups -OCH3 is 1. The Morgan fingerprint density at radius 2 is 2.35 bits per heavy atom. The van der Waals surface area contributed by atoms with Crippen molar-refractivity contribution < 1.29 is 14.3 Å². The second-order valence-corrected chi connectivity index (χ2v) is 5.39. The monoisotopic (exact) mass is 361 g/mol. The summed E-state index contributed by atoms with van der Waals surface area (Å²) in [5.41, 5.74) is 0.583. The Bertz CT molecular complexity index is 553. The molecule has 1 fully saturated rings. The van der Waals surface area contributed by atoms with Gasteiger partial charge in [0.2, 0.25) is 5.91 Å². The molecule has 1 aromatic carbocycles. The van der Waals surface area contributed by atoms with E-state index in [2.05, 4.69) is 26.6 Å². The first-order valence-electron chi connectivity index (χ1n) is 5.88. The number of benzene rings is 1. The van der Waals surface area contributed by atoms with Gasteiger partial charge in [-0.15, -0.1) is 0 Å². The lowest BCUT2D eigenvalue weighted by Gasteiger charge is -2.16.